The van der Waals surface area contributed by atoms with Crippen LogP contribution in [0.15, 0.2) is 42.5 Å². The average Bonchev–Trinajstić information content (AvgIpc) is 2.83. The van der Waals surface area contributed by atoms with Gasteiger partial charge in [-0.3, -0.25) is 13.9 Å². The van der Waals surface area contributed by atoms with Gasteiger partial charge in [-0.1, -0.05) is 66.2 Å². The third-order valence-corrected chi connectivity index (χ3v) is 8.17. The first-order valence-electron chi connectivity index (χ1n) is 11.7. The Morgan fingerprint density at radius 2 is 1.61 bits per heavy atom. The SMILES string of the molecule is C[C@H](C(=O)NC1CCCCC1)N(Cc1ccc(Cl)cc1)C(=O)CN(c1cc(Cl)ccc1Cl)S(C)(=O)=O. The Labute approximate surface area is 227 Å². The second-order valence-corrected chi connectivity index (χ2v) is 12.2. The maximum absolute atomic E-state index is 13.6. The van der Waals surface area contributed by atoms with Crippen LogP contribution < -0.4 is 9.62 Å². The summed E-state index contributed by atoms with van der Waals surface area (Å²) in [4.78, 5) is 28.1. The van der Waals surface area contributed by atoms with Crippen LogP contribution in [0.5, 0.6) is 0 Å². The fraction of sp³-hybridized carbons (Fsp3) is 0.440. The summed E-state index contributed by atoms with van der Waals surface area (Å²) in [7, 11) is -3.91. The molecule has 1 aliphatic rings. The molecule has 196 valence electrons. The zero-order chi connectivity index (χ0) is 26.5. The molecular formula is C25H30Cl3N3O4S. The maximum Gasteiger partial charge on any atom is 0.244 e. The van der Waals surface area contributed by atoms with Crippen molar-refractivity contribution in [3.8, 4) is 0 Å². The maximum atomic E-state index is 13.6. The number of hydrogen-bond donors (Lipinski definition) is 1. The third kappa shape index (κ3) is 7.75. The van der Waals surface area contributed by atoms with E-state index in [2.05, 4.69) is 5.32 Å². The zero-order valence-corrected chi connectivity index (χ0v) is 23.3. The van der Waals surface area contributed by atoms with Crippen molar-refractivity contribution in [1.29, 1.82) is 0 Å². The summed E-state index contributed by atoms with van der Waals surface area (Å²) in [5.74, 6) is -0.839. The van der Waals surface area contributed by atoms with E-state index in [0.717, 1.165) is 48.2 Å². The molecule has 1 N–H and O–H groups in total. The lowest BCUT2D eigenvalue weighted by Crippen LogP contribution is -2.53. The van der Waals surface area contributed by atoms with Gasteiger partial charge < -0.3 is 10.2 Å². The van der Waals surface area contributed by atoms with E-state index >= 15 is 0 Å². The van der Waals surface area contributed by atoms with Crippen molar-refractivity contribution in [2.45, 2.75) is 57.7 Å². The highest BCUT2D eigenvalue weighted by Gasteiger charge is 2.31. The smallest absolute Gasteiger partial charge is 0.244 e. The lowest BCUT2D eigenvalue weighted by atomic mass is 9.95. The van der Waals surface area contributed by atoms with Gasteiger partial charge in [0.1, 0.15) is 12.6 Å². The van der Waals surface area contributed by atoms with E-state index in [4.69, 9.17) is 34.8 Å². The molecule has 0 bridgehead atoms. The minimum atomic E-state index is -3.91. The Balaban J connectivity index is 1.89. The van der Waals surface area contributed by atoms with Crippen LogP contribution in [-0.2, 0) is 26.2 Å². The first-order chi connectivity index (χ1) is 17.0. The molecule has 1 fully saturated rings. The van der Waals surface area contributed by atoms with Crippen LogP contribution in [0.1, 0.15) is 44.6 Å². The van der Waals surface area contributed by atoms with Crippen molar-refractivity contribution in [2.75, 3.05) is 17.1 Å². The van der Waals surface area contributed by atoms with E-state index in [9.17, 15) is 18.0 Å². The van der Waals surface area contributed by atoms with Crippen molar-refractivity contribution in [1.82, 2.24) is 10.2 Å². The molecule has 7 nitrogen and oxygen atoms in total. The number of nitrogens with one attached hydrogen (secondary N) is 1. The Kier molecular flexibility index (Phi) is 9.92. The van der Waals surface area contributed by atoms with E-state index in [0.29, 0.717) is 5.02 Å². The first-order valence-corrected chi connectivity index (χ1v) is 14.7. The first kappa shape index (κ1) is 28.6. The second kappa shape index (κ2) is 12.5. The van der Waals surface area contributed by atoms with Crippen LogP contribution in [-0.4, -0.2) is 50.0 Å². The van der Waals surface area contributed by atoms with Gasteiger partial charge >= 0.3 is 0 Å². The highest BCUT2D eigenvalue weighted by Crippen LogP contribution is 2.31. The van der Waals surface area contributed by atoms with E-state index in [1.165, 1.54) is 23.1 Å². The molecule has 0 radical (unpaired) electrons. The van der Waals surface area contributed by atoms with Gasteiger partial charge in [-0.05, 0) is 55.7 Å². The monoisotopic (exact) mass is 573 g/mol. The molecule has 2 aromatic rings. The van der Waals surface area contributed by atoms with Crippen LogP contribution in [0, 0.1) is 0 Å². The van der Waals surface area contributed by atoms with Crippen LogP contribution in [0.4, 0.5) is 5.69 Å². The fourth-order valence-corrected chi connectivity index (χ4v) is 5.62. The molecule has 0 spiro atoms. The summed E-state index contributed by atoms with van der Waals surface area (Å²) in [5.41, 5.74) is 0.836. The normalized spacial score (nSPS) is 15.2. The molecule has 0 unspecified atom stereocenters. The number of benzene rings is 2. The van der Waals surface area contributed by atoms with Gasteiger partial charge in [0.15, 0.2) is 0 Å². The Bertz CT molecular complexity index is 1190. The summed E-state index contributed by atoms with van der Waals surface area (Å²) in [6.45, 7) is 1.19. The number of nitrogens with zero attached hydrogens (tertiary/aromatic N) is 2. The van der Waals surface area contributed by atoms with E-state index in [1.807, 2.05) is 0 Å². The largest absolute Gasteiger partial charge is 0.352 e. The number of sulfonamides is 1. The summed E-state index contributed by atoms with van der Waals surface area (Å²) < 4.78 is 26.3. The zero-order valence-electron chi connectivity index (χ0n) is 20.2. The van der Waals surface area contributed by atoms with Gasteiger partial charge in [-0.15, -0.1) is 0 Å². The molecule has 1 saturated carbocycles. The Hall–Kier alpha value is -2.00. The molecule has 11 heteroatoms. The second-order valence-electron chi connectivity index (χ2n) is 9.03. The number of rotatable bonds is 9. The van der Waals surface area contributed by atoms with Crippen molar-refractivity contribution in [2.24, 2.45) is 0 Å². The van der Waals surface area contributed by atoms with Crippen molar-refractivity contribution < 1.29 is 18.0 Å². The van der Waals surface area contributed by atoms with Crippen LogP contribution >= 0.6 is 34.8 Å². The molecule has 0 saturated heterocycles. The minimum Gasteiger partial charge on any atom is -0.352 e. The summed E-state index contributed by atoms with van der Waals surface area (Å²) in [6, 6.07) is 10.5. The quantitative estimate of drug-likeness (QED) is 0.442. The molecule has 0 heterocycles. The topological polar surface area (TPSA) is 86.8 Å². The summed E-state index contributed by atoms with van der Waals surface area (Å²) in [5, 5.41) is 4.00. The number of amides is 2. The van der Waals surface area contributed by atoms with Gasteiger partial charge in [-0.25, -0.2) is 8.42 Å². The predicted octanol–water partition coefficient (Wildman–Crippen LogP) is 5.28. The summed E-state index contributed by atoms with van der Waals surface area (Å²) >= 11 is 18.3. The highest BCUT2D eigenvalue weighted by atomic mass is 35.5. The van der Waals surface area contributed by atoms with Gasteiger partial charge in [0.05, 0.1) is 17.0 Å². The highest BCUT2D eigenvalue weighted by molar-refractivity contribution is 7.92. The Morgan fingerprint density at radius 1 is 1.00 bits per heavy atom. The molecule has 0 aromatic heterocycles. The van der Waals surface area contributed by atoms with Gasteiger partial charge in [-0.2, -0.15) is 0 Å². The minimum absolute atomic E-state index is 0.0685. The van der Waals surface area contributed by atoms with E-state index in [1.54, 1.807) is 31.2 Å². The van der Waals surface area contributed by atoms with Crippen molar-refractivity contribution in [3.63, 3.8) is 0 Å². The van der Waals surface area contributed by atoms with Gasteiger partial charge in [0, 0.05) is 22.6 Å². The lowest BCUT2D eigenvalue weighted by molar-refractivity contribution is -0.139. The predicted molar refractivity (Wildman–Crippen MR) is 145 cm³/mol. The van der Waals surface area contributed by atoms with Gasteiger partial charge in [0.2, 0.25) is 21.8 Å². The summed E-state index contributed by atoms with van der Waals surface area (Å²) in [6.07, 6.45) is 6.04. The molecule has 2 amide bonds. The molecule has 0 aliphatic heterocycles. The number of carbonyl (C=O) groups is 2. The molecule has 1 aliphatic carbocycles. The molecule has 36 heavy (non-hydrogen) atoms. The molecule has 2 aromatic carbocycles. The van der Waals surface area contributed by atoms with Crippen molar-refractivity contribution >= 4 is 62.3 Å². The number of anilines is 1. The van der Waals surface area contributed by atoms with Crippen LogP contribution in [0.3, 0.4) is 0 Å². The van der Waals surface area contributed by atoms with Crippen LogP contribution in [0.25, 0.3) is 0 Å². The number of halogens is 3. The van der Waals surface area contributed by atoms with Gasteiger partial charge in [0.25, 0.3) is 0 Å². The standard InChI is InChI=1S/C25H30Cl3N3O4S/c1-17(25(33)29-21-6-4-3-5-7-21)30(15-18-8-10-19(26)11-9-18)24(32)16-31(36(2,34)35)23-14-20(27)12-13-22(23)28/h8-14,17,21H,3-7,15-16H2,1-2H3,(H,29,33)/t17-/m1/s1. The molecular weight excluding hydrogens is 545 g/mol. The van der Waals surface area contributed by atoms with E-state index in [-0.39, 0.29) is 34.2 Å². The third-order valence-electron chi connectivity index (χ3n) is 6.24. The number of carbonyl (C=O) groups excluding carboxylic acids is 2. The van der Waals surface area contributed by atoms with Crippen molar-refractivity contribution in [3.05, 3.63) is 63.1 Å². The molecule has 1 atom stereocenters. The van der Waals surface area contributed by atoms with Crippen LogP contribution in [0.2, 0.25) is 15.1 Å². The number of hydrogen-bond acceptors (Lipinski definition) is 4. The average molecular weight is 575 g/mol. The fourth-order valence-electron chi connectivity index (χ4n) is 4.21. The Morgan fingerprint density at radius 3 is 2.22 bits per heavy atom. The lowest BCUT2D eigenvalue weighted by Gasteiger charge is -2.33. The molecule has 3 rings (SSSR count). The van der Waals surface area contributed by atoms with E-state index < -0.39 is 28.5 Å².